The average Bonchev–Trinajstić information content (AvgIpc) is 2.02. The summed E-state index contributed by atoms with van der Waals surface area (Å²) in [6.45, 7) is 4.66. The molecule has 1 atom stereocenters. The highest BCUT2D eigenvalue weighted by Crippen LogP contribution is 2.13. The van der Waals surface area contributed by atoms with E-state index in [1.807, 2.05) is 0 Å². The van der Waals surface area contributed by atoms with Crippen molar-refractivity contribution in [3.05, 3.63) is 0 Å². The first-order chi connectivity index (χ1) is 5.60. The monoisotopic (exact) mass is 174 g/mol. The molecule has 0 aliphatic rings. The second-order valence-corrected chi connectivity index (χ2v) is 3.47. The first-order valence-corrected chi connectivity index (χ1v) is 4.23. The topological polar surface area (TPSA) is 75.4 Å². The van der Waals surface area contributed by atoms with E-state index in [-0.39, 0.29) is 11.8 Å². The lowest BCUT2D eigenvalue weighted by Crippen LogP contribution is -2.26. The molecule has 4 nitrogen and oxygen atoms in total. The first kappa shape index (κ1) is 11.4. The average molecular weight is 174 g/mol. The van der Waals surface area contributed by atoms with Crippen LogP contribution in [0.25, 0.3) is 0 Å². The van der Waals surface area contributed by atoms with E-state index in [0.717, 1.165) is 6.42 Å². The van der Waals surface area contributed by atoms with Crippen molar-refractivity contribution in [2.24, 2.45) is 17.6 Å². The summed E-state index contributed by atoms with van der Waals surface area (Å²) < 4.78 is 0. The van der Waals surface area contributed by atoms with E-state index in [0.29, 0.717) is 18.9 Å². The molecule has 0 aromatic rings. The van der Waals surface area contributed by atoms with Gasteiger partial charge in [0.1, 0.15) is 0 Å². The van der Waals surface area contributed by atoms with E-state index in [1.54, 1.807) is 5.48 Å². The van der Waals surface area contributed by atoms with Crippen molar-refractivity contribution in [3.8, 4) is 0 Å². The van der Waals surface area contributed by atoms with Gasteiger partial charge in [-0.25, -0.2) is 5.48 Å². The minimum absolute atomic E-state index is 0.178. The van der Waals surface area contributed by atoms with Gasteiger partial charge in [0, 0.05) is 6.42 Å². The van der Waals surface area contributed by atoms with E-state index in [9.17, 15) is 4.79 Å². The molecule has 0 fully saturated rings. The van der Waals surface area contributed by atoms with Gasteiger partial charge in [0.15, 0.2) is 0 Å². The summed E-state index contributed by atoms with van der Waals surface area (Å²) in [7, 11) is 0. The lowest BCUT2D eigenvalue weighted by atomic mass is 9.94. The number of hydrogen-bond donors (Lipinski definition) is 3. The highest BCUT2D eigenvalue weighted by molar-refractivity contribution is 5.74. The van der Waals surface area contributed by atoms with Crippen LogP contribution in [0.2, 0.25) is 0 Å². The summed E-state index contributed by atoms with van der Waals surface area (Å²) in [6.07, 6.45) is 1.23. The molecule has 0 unspecified atom stereocenters. The zero-order valence-corrected chi connectivity index (χ0v) is 7.71. The van der Waals surface area contributed by atoms with Crippen molar-refractivity contribution < 1.29 is 10.0 Å². The third-order valence-corrected chi connectivity index (χ3v) is 1.74. The quantitative estimate of drug-likeness (QED) is 0.419. The summed E-state index contributed by atoms with van der Waals surface area (Å²) in [6, 6.07) is 0. The number of hydroxylamine groups is 1. The van der Waals surface area contributed by atoms with Crippen molar-refractivity contribution >= 4 is 5.91 Å². The second-order valence-electron chi connectivity index (χ2n) is 3.47. The Bertz CT molecular complexity index is 137. The molecule has 0 radical (unpaired) electrons. The van der Waals surface area contributed by atoms with Crippen LogP contribution >= 0.6 is 0 Å². The number of carbonyl (C=O) groups is 1. The standard InChI is InChI=1S/C8H18N2O2/c1-6(2)3-7(5-9)4-8(11)10-12/h6-7,12H,3-5,9H2,1-2H3,(H,10,11)/t7-/m0/s1. The van der Waals surface area contributed by atoms with Crippen LogP contribution in [0.15, 0.2) is 0 Å². The SMILES string of the molecule is CC(C)C[C@H](CN)CC(=O)NO. The van der Waals surface area contributed by atoms with Gasteiger partial charge in [-0.3, -0.25) is 10.0 Å². The molecular formula is C8H18N2O2. The molecule has 0 aliphatic carbocycles. The number of nitrogens with one attached hydrogen (secondary N) is 1. The Labute approximate surface area is 73.1 Å². The summed E-state index contributed by atoms with van der Waals surface area (Å²) in [4.78, 5) is 10.7. The van der Waals surface area contributed by atoms with Gasteiger partial charge in [-0.1, -0.05) is 13.8 Å². The Morgan fingerprint density at radius 2 is 2.17 bits per heavy atom. The van der Waals surface area contributed by atoms with E-state index >= 15 is 0 Å². The van der Waals surface area contributed by atoms with Crippen LogP contribution < -0.4 is 11.2 Å². The Morgan fingerprint density at radius 3 is 2.50 bits per heavy atom. The fourth-order valence-corrected chi connectivity index (χ4v) is 1.24. The van der Waals surface area contributed by atoms with Crippen LogP contribution in [-0.2, 0) is 4.79 Å². The Kier molecular flexibility index (Phi) is 5.66. The smallest absolute Gasteiger partial charge is 0.243 e. The third kappa shape index (κ3) is 5.09. The number of carbonyl (C=O) groups excluding carboxylic acids is 1. The van der Waals surface area contributed by atoms with Crippen LogP contribution in [-0.4, -0.2) is 17.7 Å². The van der Waals surface area contributed by atoms with Gasteiger partial charge in [0.25, 0.3) is 0 Å². The molecule has 0 aliphatic heterocycles. The summed E-state index contributed by atoms with van der Waals surface area (Å²) in [5, 5.41) is 8.27. The van der Waals surface area contributed by atoms with Crippen molar-refractivity contribution in [2.45, 2.75) is 26.7 Å². The molecule has 12 heavy (non-hydrogen) atoms. The van der Waals surface area contributed by atoms with Gasteiger partial charge < -0.3 is 5.73 Å². The van der Waals surface area contributed by atoms with Gasteiger partial charge in [-0.2, -0.15) is 0 Å². The molecule has 0 bridgehead atoms. The first-order valence-electron chi connectivity index (χ1n) is 4.23. The molecule has 4 heteroatoms. The van der Waals surface area contributed by atoms with Crippen LogP contribution in [0.1, 0.15) is 26.7 Å². The molecule has 1 amide bonds. The molecule has 0 saturated heterocycles. The lowest BCUT2D eigenvalue weighted by molar-refractivity contribution is -0.130. The van der Waals surface area contributed by atoms with Crippen LogP contribution in [0.4, 0.5) is 0 Å². The van der Waals surface area contributed by atoms with Gasteiger partial charge in [0.05, 0.1) is 0 Å². The fourth-order valence-electron chi connectivity index (χ4n) is 1.24. The normalized spacial score (nSPS) is 13.1. The zero-order chi connectivity index (χ0) is 9.56. The largest absolute Gasteiger partial charge is 0.330 e. The maximum Gasteiger partial charge on any atom is 0.243 e. The maximum absolute atomic E-state index is 10.7. The molecule has 72 valence electrons. The van der Waals surface area contributed by atoms with E-state index in [2.05, 4.69) is 13.8 Å². The lowest BCUT2D eigenvalue weighted by Gasteiger charge is -2.15. The number of rotatable bonds is 5. The predicted octanol–water partition coefficient (Wildman–Crippen LogP) is 0.503. The van der Waals surface area contributed by atoms with Crippen LogP contribution in [0.3, 0.4) is 0 Å². The maximum atomic E-state index is 10.7. The predicted molar refractivity (Wildman–Crippen MR) is 46.5 cm³/mol. The molecule has 0 rings (SSSR count). The Morgan fingerprint density at radius 1 is 1.58 bits per heavy atom. The number of nitrogens with two attached hydrogens (primary N) is 1. The minimum atomic E-state index is -0.355. The third-order valence-electron chi connectivity index (χ3n) is 1.74. The zero-order valence-electron chi connectivity index (χ0n) is 7.71. The van der Waals surface area contributed by atoms with Crippen molar-refractivity contribution in [1.82, 2.24) is 5.48 Å². The summed E-state index contributed by atoms with van der Waals surface area (Å²) in [5.41, 5.74) is 7.07. The highest BCUT2D eigenvalue weighted by atomic mass is 16.5. The number of amides is 1. The van der Waals surface area contributed by atoms with Gasteiger partial charge in [-0.05, 0) is 24.8 Å². The van der Waals surface area contributed by atoms with Crippen LogP contribution in [0.5, 0.6) is 0 Å². The molecule has 0 spiro atoms. The summed E-state index contributed by atoms with van der Waals surface area (Å²) in [5.74, 6) is 0.355. The summed E-state index contributed by atoms with van der Waals surface area (Å²) >= 11 is 0. The highest BCUT2D eigenvalue weighted by Gasteiger charge is 2.12. The van der Waals surface area contributed by atoms with Crippen molar-refractivity contribution in [2.75, 3.05) is 6.54 Å². The molecule has 0 saturated carbocycles. The Hall–Kier alpha value is -0.610. The van der Waals surface area contributed by atoms with E-state index in [4.69, 9.17) is 10.9 Å². The molecule has 4 N–H and O–H groups in total. The minimum Gasteiger partial charge on any atom is -0.330 e. The molecule has 0 aromatic carbocycles. The van der Waals surface area contributed by atoms with Crippen molar-refractivity contribution in [1.29, 1.82) is 0 Å². The van der Waals surface area contributed by atoms with E-state index < -0.39 is 0 Å². The molecule has 0 heterocycles. The van der Waals surface area contributed by atoms with Gasteiger partial charge in [-0.15, -0.1) is 0 Å². The number of hydrogen-bond acceptors (Lipinski definition) is 3. The Balaban J connectivity index is 3.74. The van der Waals surface area contributed by atoms with Crippen molar-refractivity contribution in [3.63, 3.8) is 0 Å². The molecular weight excluding hydrogens is 156 g/mol. The molecule has 0 aromatic heterocycles. The van der Waals surface area contributed by atoms with Crippen LogP contribution in [0, 0.1) is 11.8 Å². The van der Waals surface area contributed by atoms with Gasteiger partial charge in [0.2, 0.25) is 5.91 Å². The second kappa shape index (κ2) is 5.97. The van der Waals surface area contributed by atoms with Gasteiger partial charge >= 0.3 is 0 Å². The van der Waals surface area contributed by atoms with E-state index in [1.165, 1.54) is 0 Å². The fraction of sp³-hybridized carbons (Fsp3) is 0.875.